The summed E-state index contributed by atoms with van der Waals surface area (Å²) in [6.45, 7) is 4.02. The van der Waals surface area contributed by atoms with Gasteiger partial charge in [0, 0.05) is 11.9 Å². The van der Waals surface area contributed by atoms with Crippen molar-refractivity contribution in [1.82, 2.24) is 20.0 Å². The lowest BCUT2D eigenvalue weighted by molar-refractivity contribution is 0.636. The summed E-state index contributed by atoms with van der Waals surface area (Å²) in [4.78, 5) is 5.34. The van der Waals surface area contributed by atoms with E-state index in [-0.39, 0.29) is 6.04 Å². The molecular weight excluding hydrogens is 234 g/mol. The van der Waals surface area contributed by atoms with Gasteiger partial charge in [-0.15, -0.1) is 5.10 Å². The van der Waals surface area contributed by atoms with Gasteiger partial charge in [-0.3, -0.25) is 10.8 Å². The van der Waals surface area contributed by atoms with Crippen LogP contribution in [0.25, 0.3) is 0 Å². The van der Waals surface area contributed by atoms with E-state index in [1.54, 1.807) is 0 Å². The van der Waals surface area contributed by atoms with Gasteiger partial charge in [0.2, 0.25) is 0 Å². The fourth-order valence-corrected chi connectivity index (χ4v) is 2.48. The van der Waals surface area contributed by atoms with Crippen LogP contribution >= 0.6 is 11.5 Å². The highest BCUT2D eigenvalue weighted by Crippen LogP contribution is 2.26. The van der Waals surface area contributed by atoms with Crippen LogP contribution in [0, 0.1) is 6.92 Å². The largest absolute Gasteiger partial charge is 0.271 e. The molecule has 0 saturated carbocycles. The van der Waals surface area contributed by atoms with Crippen LogP contribution < -0.4 is 11.3 Å². The van der Waals surface area contributed by atoms with E-state index in [2.05, 4.69) is 26.9 Å². The van der Waals surface area contributed by atoms with Crippen molar-refractivity contribution in [3.05, 3.63) is 40.2 Å². The number of rotatable bonds is 4. The molecule has 0 amide bonds. The number of hydrogen-bond donors (Lipinski definition) is 2. The minimum atomic E-state index is -0.0851. The van der Waals surface area contributed by atoms with E-state index in [9.17, 15) is 0 Å². The second kappa shape index (κ2) is 5.31. The zero-order valence-corrected chi connectivity index (χ0v) is 10.7. The van der Waals surface area contributed by atoms with E-state index in [1.807, 2.05) is 25.3 Å². The molecule has 0 radical (unpaired) electrons. The quantitative estimate of drug-likeness (QED) is 0.632. The highest BCUT2D eigenvalue weighted by atomic mass is 32.1. The van der Waals surface area contributed by atoms with Crippen LogP contribution in [0.15, 0.2) is 18.3 Å². The van der Waals surface area contributed by atoms with Gasteiger partial charge in [0.05, 0.1) is 16.6 Å². The lowest BCUT2D eigenvalue weighted by atomic mass is 10.1. The van der Waals surface area contributed by atoms with E-state index < -0.39 is 0 Å². The minimum absolute atomic E-state index is 0.0851. The Balaban J connectivity index is 2.36. The van der Waals surface area contributed by atoms with E-state index in [1.165, 1.54) is 11.5 Å². The van der Waals surface area contributed by atoms with Crippen molar-refractivity contribution in [2.24, 2.45) is 5.84 Å². The van der Waals surface area contributed by atoms with Crippen molar-refractivity contribution < 1.29 is 0 Å². The molecule has 0 aromatic carbocycles. The first-order chi connectivity index (χ1) is 8.26. The Bertz CT molecular complexity index is 479. The first-order valence-corrected chi connectivity index (χ1v) is 6.23. The van der Waals surface area contributed by atoms with E-state index in [4.69, 9.17) is 5.84 Å². The fourth-order valence-electron chi connectivity index (χ4n) is 1.65. The first kappa shape index (κ1) is 12.1. The molecule has 0 fully saturated rings. The minimum Gasteiger partial charge on any atom is -0.271 e. The number of nitrogens with two attached hydrogens (primary N) is 1. The average molecular weight is 249 g/mol. The highest BCUT2D eigenvalue weighted by molar-refractivity contribution is 7.05. The van der Waals surface area contributed by atoms with Crippen molar-refractivity contribution in [3.63, 3.8) is 0 Å². The molecule has 0 aliphatic heterocycles. The Labute approximate surface area is 104 Å². The maximum absolute atomic E-state index is 5.63. The molecule has 6 heteroatoms. The van der Waals surface area contributed by atoms with Crippen LogP contribution in [-0.4, -0.2) is 14.6 Å². The second-order valence-electron chi connectivity index (χ2n) is 3.77. The summed E-state index contributed by atoms with van der Waals surface area (Å²) in [7, 11) is 0. The molecule has 3 N–H and O–H groups in total. The number of aromatic nitrogens is 3. The van der Waals surface area contributed by atoms with Crippen molar-refractivity contribution in [2.75, 3.05) is 0 Å². The Morgan fingerprint density at radius 3 is 2.88 bits per heavy atom. The van der Waals surface area contributed by atoms with Crippen molar-refractivity contribution in [2.45, 2.75) is 26.3 Å². The van der Waals surface area contributed by atoms with Crippen LogP contribution in [0.1, 0.15) is 34.8 Å². The van der Waals surface area contributed by atoms with Gasteiger partial charge >= 0.3 is 0 Å². The summed E-state index contributed by atoms with van der Waals surface area (Å²) in [5.41, 5.74) is 5.81. The number of nitrogens with one attached hydrogen (secondary N) is 1. The topological polar surface area (TPSA) is 76.7 Å². The van der Waals surface area contributed by atoms with Gasteiger partial charge in [-0.2, -0.15) is 0 Å². The maximum Gasteiger partial charge on any atom is 0.0852 e. The third-order valence-corrected chi connectivity index (χ3v) is 3.45. The van der Waals surface area contributed by atoms with Crippen LogP contribution in [0.2, 0.25) is 0 Å². The number of hydrogen-bond acceptors (Lipinski definition) is 6. The molecule has 5 nitrogen and oxygen atoms in total. The fraction of sp³-hybridized carbons (Fsp3) is 0.364. The molecular formula is C11H15N5S. The summed E-state index contributed by atoms with van der Waals surface area (Å²) in [6, 6.07) is 3.91. The Morgan fingerprint density at radius 2 is 2.29 bits per heavy atom. The number of nitrogens with zero attached hydrogens (tertiary/aromatic N) is 3. The predicted molar refractivity (Wildman–Crippen MR) is 67.4 cm³/mol. The summed E-state index contributed by atoms with van der Waals surface area (Å²) >= 11 is 1.37. The van der Waals surface area contributed by atoms with Gasteiger partial charge in [-0.25, -0.2) is 5.43 Å². The summed E-state index contributed by atoms with van der Waals surface area (Å²) in [6.07, 6.45) is 2.68. The van der Waals surface area contributed by atoms with Crippen molar-refractivity contribution >= 4 is 11.5 Å². The molecule has 1 atom stereocenters. The van der Waals surface area contributed by atoms with Gasteiger partial charge in [-0.05, 0) is 36.5 Å². The summed E-state index contributed by atoms with van der Waals surface area (Å²) in [5, 5.41) is 4.10. The van der Waals surface area contributed by atoms with E-state index >= 15 is 0 Å². The SMILES string of the molecule is CCc1nnsc1C(NN)c1ccc(C)nc1. The third-order valence-electron chi connectivity index (χ3n) is 2.62. The standard InChI is InChI=1S/C11H15N5S/c1-3-9-11(17-16-15-9)10(14-12)8-5-4-7(2)13-6-8/h4-6,10,14H,3,12H2,1-2H3. The van der Waals surface area contributed by atoms with Gasteiger partial charge in [0.1, 0.15) is 0 Å². The predicted octanol–water partition coefficient (Wildman–Crippen LogP) is 1.36. The molecule has 90 valence electrons. The van der Waals surface area contributed by atoms with E-state index in [0.29, 0.717) is 0 Å². The van der Waals surface area contributed by atoms with Gasteiger partial charge in [0.15, 0.2) is 0 Å². The van der Waals surface area contributed by atoms with Crippen LogP contribution in [-0.2, 0) is 6.42 Å². The lowest BCUT2D eigenvalue weighted by Crippen LogP contribution is -2.29. The first-order valence-electron chi connectivity index (χ1n) is 5.46. The smallest absolute Gasteiger partial charge is 0.0852 e. The molecule has 0 spiro atoms. The molecule has 0 saturated heterocycles. The Hall–Kier alpha value is -1.37. The monoisotopic (exact) mass is 249 g/mol. The normalized spacial score (nSPS) is 12.6. The summed E-state index contributed by atoms with van der Waals surface area (Å²) < 4.78 is 3.98. The zero-order valence-electron chi connectivity index (χ0n) is 9.84. The summed E-state index contributed by atoms with van der Waals surface area (Å²) in [5.74, 6) is 5.63. The molecule has 2 heterocycles. The lowest BCUT2D eigenvalue weighted by Gasteiger charge is -2.14. The Kier molecular flexibility index (Phi) is 3.78. The molecule has 2 aromatic rings. The van der Waals surface area contributed by atoms with Crippen molar-refractivity contribution in [1.29, 1.82) is 0 Å². The maximum atomic E-state index is 5.63. The van der Waals surface area contributed by atoms with Crippen LogP contribution in [0.3, 0.4) is 0 Å². The average Bonchev–Trinajstić information content (AvgIpc) is 2.81. The number of pyridine rings is 1. The highest BCUT2D eigenvalue weighted by Gasteiger charge is 2.19. The van der Waals surface area contributed by atoms with Crippen molar-refractivity contribution in [3.8, 4) is 0 Å². The van der Waals surface area contributed by atoms with Crippen LogP contribution in [0.4, 0.5) is 0 Å². The molecule has 17 heavy (non-hydrogen) atoms. The number of hydrazine groups is 1. The second-order valence-corrected chi connectivity index (χ2v) is 4.56. The molecule has 1 unspecified atom stereocenters. The zero-order chi connectivity index (χ0) is 12.3. The van der Waals surface area contributed by atoms with Gasteiger partial charge in [-0.1, -0.05) is 17.5 Å². The van der Waals surface area contributed by atoms with Gasteiger partial charge < -0.3 is 0 Å². The Morgan fingerprint density at radius 1 is 1.47 bits per heavy atom. The third kappa shape index (κ3) is 2.49. The molecule has 0 bridgehead atoms. The van der Waals surface area contributed by atoms with Gasteiger partial charge in [0.25, 0.3) is 0 Å². The molecule has 0 aliphatic rings. The molecule has 2 aromatic heterocycles. The molecule has 2 rings (SSSR count). The molecule has 0 aliphatic carbocycles. The van der Waals surface area contributed by atoms with Crippen LogP contribution in [0.5, 0.6) is 0 Å². The number of aryl methyl sites for hydroxylation is 2. The van der Waals surface area contributed by atoms with E-state index in [0.717, 1.165) is 28.2 Å².